The second-order valence-corrected chi connectivity index (χ2v) is 5.71. The van der Waals surface area contributed by atoms with E-state index in [1.807, 2.05) is 13.8 Å². The fourth-order valence-corrected chi connectivity index (χ4v) is 2.45. The van der Waals surface area contributed by atoms with Gasteiger partial charge in [-0.3, -0.25) is 10.1 Å². The van der Waals surface area contributed by atoms with Crippen molar-refractivity contribution in [2.75, 3.05) is 6.61 Å². The van der Waals surface area contributed by atoms with Gasteiger partial charge in [0.15, 0.2) is 17.1 Å². The SMILES string of the molecule is CC(C)NC(COc1ccc(F)cc1F)(C(=O)O)C1CC1. The molecule has 1 saturated carbocycles. The Morgan fingerprint density at radius 2 is 2.14 bits per heavy atom. The van der Waals surface area contributed by atoms with Crippen LogP contribution in [-0.2, 0) is 4.79 Å². The van der Waals surface area contributed by atoms with Crippen LogP contribution < -0.4 is 10.1 Å². The van der Waals surface area contributed by atoms with Crippen LogP contribution in [0.2, 0.25) is 0 Å². The van der Waals surface area contributed by atoms with E-state index in [0.29, 0.717) is 6.07 Å². The van der Waals surface area contributed by atoms with E-state index in [1.54, 1.807) is 0 Å². The lowest BCUT2D eigenvalue weighted by molar-refractivity contribution is -0.148. The zero-order valence-electron chi connectivity index (χ0n) is 12.0. The Morgan fingerprint density at radius 1 is 1.48 bits per heavy atom. The van der Waals surface area contributed by atoms with Gasteiger partial charge in [0.05, 0.1) is 0 Å². The van der Waals surface area contributed by atoms with Gasteiger partial charge >= 0.3 is 5.97 Å². The van der Waals surface area contributed by atoms with Gasteiger partial charge in [-0.2, -0.15) is 0 Å². The summed E-state index contributed by atoms with van der Waals surface area (Å²) in [7, 11) is 0. The highest BCUT2D eigenvalue weighted by molar-refractivity contribution is 5.80. The van der Waals surface area contributed by atoms with Crippen LogP contribution in [0.4, 0.5) is 8.78 Å². The number of ether oxygens (including phenoxy) is 1. The molecule has 21 heavy (non-hydrogen) atoms. The molecule has 6 heteroatoms. The van der Waals surface area contributed by atoms with E-state index in [1.165, 1.54) is 6.07 Å². The van der Waals surface area contributed by atoms with Gasteiger partial charge in [0.2, 0.25) is 0 Å². The van der Waals surface area contributed by atoms with E-state index in [2.05, 4.69) is 5.32 Å². The van der Waals surface area contributed by atoms with Crippen molar-refractivity contribution in [1.29, 1.82) is 0 Å². The van der Waals surface area contributed by atoms with Crippen molar-refractivity contribution in [2.24, 2.45) is 5.92 Å². The van der Waals surface area contributed by atoms with Crippen LogP contribution in [0, 0.1) is 17.6 Å². The van der Waals surface area contributed by atoms with Gasteiger partial charge in [-0.1, -0.05) is 0 Å². The highest BCUT2D eigenvalue weighted by Crippen LogP contribution is 2.40. The first-order valence-corrected chi connectivity index (χ1v) is 6.94. The zero-order valence-corrected chi connectivity index (χ0v) is 12.0. The molecule has 1 aliphatic carbocycles. The summed E-state index contributed by atoms with van der Waals surface area (Å²) in [6.07, 6.45) is 1.59. The summed E-state index contributed by atoms with van der Waals surface area (Å²) in [6.45, 7) is 3.49. The predicted octanol–water partition coefficient (Wildman–Crippen LogP) is 2.58. The minimum Gasteiger partial charge on any atom is -0.488 e. The molecule has 116 valence electrons. The number of hydrogen-bond donors (Lipinski definition) is 2. The lowest BCUT2D eigenvalue weighted by Gasteiger charge is -2.32. The molecule has 1 aromatic rings. The molecule has 0 amide bonds. The predicted molar refractivity (Wildman–Crippen MR) is 73.2 cm³/mol. The van der Waals surface area contributed by atoms with Crippen LogP contribution >= 0.6 is 0 Å². The average Bonchev–Trinajstić information content (AvgIpc) is 3.19. The summed E-state index contributed by atoms with van der Waals surface area (Å²) in [5, 5.41) is 12.6. The summed E-state index contributed by atoms with van der Waals surface area (Å²) in [6, 6.07) is 2.90. The smallest absolute Gasteiger partial charge is 0.327 e. The molecule has 0 radical (unpaired) electrons. The first kappa shape index (κ1) is 15.7. The standard InChI is InChI=1S/C15H19F2NO3/c1-9(2)18-15(14(19)20,10-3-4-10)8-21-13-6-5-11(16)7-12(13)17/h5-7,9-10,18H,3-4,8H2,1-2H3,(H,19,20). The Balaban J connectivity index is 2.17. The van der Waals surface area contributed by atoms with Crippen molar-refractivity contribution in [2.45, 2.75) is 38.3 Å². The summed E-state index contributed by atoms with van der Waals surface area (Å²) < 4.78 is 31.8. The molecule has 0 spiro atoms. The van der Waals surface area contributed by atoms with Gasteiger partial charge in [0.1, 0.15) is 12.4 Å². The average molecular weight is 299 g/mol. The Bertz CT molecular complexity index is 532. The number of carboxylic acid groups (broad SMARTS) is 1. The Kier molecular flexibility index (Phi) is 4.46. The van der Waals surface area contributed by atoms with Crippen molar-refractivity contribution in [3.63, 3.8) is 0 Å². The molecule has 0 bridgehead atoms. The lowest BCUT2D eigenvalue weighted by Crippen LogP contribution is -2.60. The highest BCUT2D eigenvalue weighted by atomic mass is 19.1. The Hall–Kier alpha value is -1.69. The highest BCUT2D eigenvalue weighted by Gasteiger charge is 2.52. The van der Waals surface area contributed by atoms with Gasteiger partial charge in [0.25, 0.3) is 0 Å². The third-order valence-electron chi connectivity index (χ3n) is 3.55. The molecule has 1 atom stereocenters. The number of benzene rings is 1. The molecule has 2 rings (SSSR count). The van der Waals surface area contributed by atoms with Gasteiger partial charge in [-0.25, -0.2) is 8.78 Å². The second kappa shape index (κ2) is 5.97. The lowest BCUT2D eigenvalue weighted by atomic mass is 9.93. The molecule has 0 aromatic heterocycles. The van der Waals surface area contributed by atoms with Crippen LogP contribution in [0.25, 0.3) is 0 Å². The molecular formula is C15H19F2NO3. The van der Waals surface area contributed by atoms with Crippen molar-refractivity contribution < 1.29 is 23.4 Å². The third kappa shape index (κ3) is 3.50. The van der Waals surface area contributed by atoms with E-state index in [-0.39, 0.29) is 24.3 Å². The van der Waals surface area contributed by atoms with Crippen molar-refractivity contribution in [1.82, 2.24) is 5.32 Å². The third-order valence-corrected chi connectivity index (χ3v) is 3.55. The summed E-state index contributed by atoms with van der Waals surface area (Å²) >= 11 is 0. The normalized spacial score (nSPS) is 17.6. The molecule has 0 saturated heterocycles. The number of hydrogen-bond acceptors (Lipinski definition) is 3. The van der Waals surface area contributed by atoms with Crippen LogP contribution in [0.15, 0.2) is 18.2 Å². The van der Waals surface area contributed by atoms with Crippen LogP contribution in [0.3, 0.4) is 0 Å². The molecular weight excluding hydrogens is 280 g/mol. The molecule has 0 aliphatic heterocycles. The van der Waals surface area contributed by atoms with Crippen molar-refractivity contribution >= 4 is 5.97 Å². The summed E-state index contributed by atoms with van der Waals surface area (Å²) in [4.78, 5) is 11.7. The van der Waals surface area contributed by atoms with E-state index in [0.717, 1.165) is 18.9 Å². The van der Waals surface area contributed by atoms with Crippen molar-refractivity contribution in [3.05, 3.63) is 29.8 Å². The summed E-state index contributed by atoms with van der Waals surface area (Å²) in [5.74, 6) is -2.74. The number of halogens is 2. The topological polar surface area (TPSA) is 58.6 Å². The van der Waals surface area contributed by atoms with E-state index in [4.69, 9.17) is 4.74 Å². The van der Waals surface area contributed by atoms with E-state index >= 15 is 0 Å². The maximum Gasteiger partial charge on any atom is 0.327 e. The van der Waals surface area contributed by atoms with Crippen molar-refractivity contribution in [3.8, 4) is 5.75 Å². The first-order valence-electron chi connectivity index (χ1n) is 6.94. The van der Waals surface area contributed by atoms with Gasteiger partial charge in [0, 0.05) is 12.1 Å². The zero-order chi connectivity index (χ0) is 15.6. The van der Waals surface area contributed by atoms with Gasteiger partial charge in [-0.15, -0.1) is 0 Å². The fourth-order valence-electron chi connectivity index (χ4n) is 2.45. The van der Waals surface area contributed by atoms with Gasteiger partial charge < -0.3 is 9.84 Å². The molecule has 1 aromatic carbocycles. The minimum absolute atomic E-state index is 0.0408. The van der Waals surface area contributed by atoms with E-state index < -0.39 is 23.1 Å². The number of aliphatic carboxylic acids is 1. The molecule has 2 N–H and O–H groups in total. The van der Waals surface area contributed by atoms with Crippen LogP contribution in [0.5, 0.6) is 5.75 Å². The molecule has 1 aliphatic rings. The Labute approximate surface area is 122 Å². The monoisotopic (exact) mass is 299 g/mol. The maximum atomic E-state index is 13.6. The molecule has 0 heterocycles. The number of carbonyl (C=O) groups is 1. The minimum atomic E-state index is -1.24. The quantitative estimate of drug-likeness (QED) is 0.812. The number of carboxylic acids is 1. The summed E-state index contributed by atoms with van der Waals surface area (Å²) in [5.41, 5.74) is -1.24. The largest absolute Gasteiger partial charge is 0.488 e. The van der Waals surface area contributed by atoms with Crippen LogP contribution in [0.1, 0.15) is 26.7 Å². The Morgan fingerprint density at radius 3 is 2.62 bits per heavy atom. The first-order chi connectivity index (χ1) is 9.85. The second-order valence-electron chi connectivity index (χ2n) is 5.71. The maximum absolute atomic E-state index is 13.6. The fraction of sp³-hybridized carbons (Fsp3) is 0.533. The van der Waals surface area contributed by atoms with Gasteiger partial charge in [-0.05, 0) is 44.7 Å². The number of rotatable bonds is 7. The number of nitrogens with one attached hydrogen (secondary N) is 1. The van der Waals surface area contributed by atoms with Crippen LogP contribution in [-0.4, -0.2) is 29.3 Å². The van der Waals surface area contributed by atoms with E-state index in [9.17, 15) is 18.7 Å². The molecule has 1 unspecified atom stereocenters. The molecule has 4 nitrogen and oxygen atoms in total. The molecule has 1 fully saturated rings.